The van der Waals surface area contributed by atoms with Gasteiger partial charge < -0.3 is 15.0 Å². The standard InChI is InChI=1S/C26H32N2O2/c1-4-15-28(16-5-2)26(29)18-13-14-23-22(17-18)19-10-8-11-20(19)25(27-23)21-9-6-7-12-24(21)30-3/h6-10,12-14,17,19-20,25,27H,4-5,11,15-16H2,1-3H3. The Bertz CT molecular complexity index is 930. The minimum atomic E-state index is 0.145. The first-order chi connectivity index (χ1) is 14.7. The van der Waals surface area contributed by atoms with Gasteiger partial charge >= 0.3 is 0 Å². The lowest BCUT2D eigenvalue weighted by molar-refractivity contribution is 0.0755. The van der Waals surface area contributed by atoms with Crippen LogP contribution in [-0.4, -0.2) is 31.0 Å². The quantitative estimate of drug-likeness (QED) is 0.595. The second-order valence-electron chi connectivity index (χ2n) is 8.31. The van der Waals surface area contributed by atoms with Crippen molar-refractivity contribution in [3.63, 3.8) is 0 Å². The molecule has 30 heavy (non-hydrogen) atoms. The first-order valence-corrected chi connectivity index (χ1v) is 11.2. The first-order valence-electron chi connectivity index (χ1n) is 11.2. The number of para-hydroxylation sites is 1. The molecular formula is C26H32N2O2. The van der Waals surface area contributed by atoms with Crippen molar-refractivity contribution in [1.82, 2.24) is 4.90 Å². The number of amides is 1. The van der Waals surface area contributed by atoms with Gasteiger partial charge in [-0.05, 0) is 55.0 Å². The van der Waals surface area contributed by atoms with Crippen LogP contribution in [0.15, 0.2) is 54.6 Å². The van der Waals surface area contributed by atoms with Crippen molar-refractivity contribution in [2.45, 2.75) is 45.1 Å². The maximum Gasteiger partial charge on any atom is 0.253 e. The summed E-state index contributed by atoms with van der Waals surface area (Å²) in [4.78, 5) is 15.1. The fourth-order valence-corrected chi connectivity index (χ4v) is 5.00. The number of allylic oxidation sites excluding steroid dienone is 2. The Morgan fingerprint density at radius 1 is 1.10 bits per heavy atom. The Balaban J connectivity index is 1.68. The highest BCUT2D eigenvalue weighted by Crippen LogP contribution is 2.51. The molecule has 0 bridgehead atoms. The van der Waals surface area contributed by atoms with Crippen LogP contribution in [0.25, 0.3) is 0 Å². The number of rotatable bonds is 7. The monoisotopic (exact) mass is 404 g/mol. The first kappa shape index (κ1) is 20.5. The maximum absolute atomic E-state index is 13.1. The van der Waals surface area contributed by atoms with Crippen molar-refractivity contribution in [2.75, 3.05) is 25.5 Å². The van der Waals surface area contributed by atoms with E-state index in [-0.39, 0.29) is 11.9 Å². The fourth-order valence-electron chi connectivity index (χ4n) is 5.00. The highest BCUT2D eigenvalue weighted by Gasteiger charge is 2.39. The minimum absolute atomic E-state index is 0.145. The van der Waals surface area contributed by atoms with E-state index >= 15 is 0 Å². The molecular weight excluding hydrogens is 372 g/mol. The molecule has 0 spiro atoms. The lowest BCUT2D eigenvalue weighted by Gasteiger charge is -2.38. The average Bonchev–Trinajstić information content (AvgIpc) is 3.28. The molecule has 1 aliphatic carbocycles. The molecule has 158 valence electrons. The van der Waals surface area contributed by atoms with Gasteiger partial charge in [-0.25, -0.2) is 0 Å². The molecule has 4 rings (SSSR count). The molecule has 0 fully saturated rings. The van der Waals surface area contributed by atoms with E-state index < -0.39 is 0 Å². The van der Waals surface area contributed by atoms with Crippen LogP contribution < -0.4 is 10.1 Å². The summed E-state index contributed by atoms with van der Waals surface area (Å²) in [5.41, 5.74) is 4.35. The van der Waals surface area contributed by atoms with E-state index in [1.54, 1.807) is 7.11 Å². The average molecular weight is 405 g/mol. The van der Waals surface area contributed by atoms with Crippen molar-refractivity contribution < 1.29 is 9.53 Å². The molecule has 4 nitrogen and oxygen atoms in total. The van der Waals surface area contributed by atoms with Crippen LogP contribution in [0.3, 0.4) is 0 Å². The second kappa shape index (κ2) is 8.95. The topological polar surface area (TPSA) is 41.6 Å². The predicted molar refractivity (Wildman–Crippen MR) is 122 cm³/mol. The predicted octanol–water partition coefficient (Wildman–Crippen LogP) is 5.78. The van der Waals surface area contributed by atoms with Crippen molar-refractivity contribution >= 4 is 11.6 Å². The Morgan fingerprint density at radius 2 is 1.87 bits per heavy atom. The lowest BCUT2D eigenvalue weighted by atomic mass is 9.76. The van der Waals surface area contributed by atoms with Crippen LogP contribution in [0.1, 0.15) is 66.6 Å². The number of anilines is 1. The van der Waals surface area contributed by atoms with Gasteiger partial charge in [0.15, 0.2) is 0 Å². The van der Waals surface area contributed by atoms with Gasteiger partial charge in [0.2, 0.25) is 0 Å². The van der Waals surface area contributed by atoms with Crippen LogP contribution in [-0.2, 0) is 0 Å². The number of methoxy groups -OCH3 is 1. The van der Waals surface area contributed by atoms with Crippen molar-refractivity contribution in [1.29, 1.82) is 0 Å². The van der Waals surface area contributed by atoms with Crippen molar-refractivity contribution in [3.8, 4) is 5.75 Å². The highest BCUT2D eigenvalue weighted by atomic mass is 16.5. The van der Waals surface area contributed by atoms with Crippen molar-refractivity contribution in [3.05, 3.63) is 71.3 Å². The van der Waals surface area contributed by atoms with Crippen LogP contribution in [0, 0.1) is 5.92 Å². The summed E-state index contributed by atoms with van der Waals surface area (Å²) in [6, 6.07) is 14.6. The van der Waals surface area contributed by atoms with Gasteiger partial charge in [0.05, 0.1) is 13.2 Å². The van der Waals surface area contributed by atoms with Gasteiger partial charge in [-0.3, -0.25) is 4.79 Å². The third kappa shape index (κ3) is 3.71. The maximum atomic E-state index is 13.1. The summed E-state index contributed by atoms with van der Waals surface area (Å²) < 4.78 is 5.65. The number of benzene rings is 2. The van der Waals surface area contributed by atoms with Gasteiger partial charge in [-0.1, -0.05) is 44.2 Å². The lowest BCUT2D eigenvalue weighted by Crippen LogP contribution is -2.33. The Kier molecular flexibility index (Phi) is 6.12. The number of nitrogens with zero attached hydrogens (tertiary/aromatic N) is 1. The number of carbonyl (C=O) groups excluding carboxylic acids is 1. The molecule has 2 aromatic carbocycles. The molecule has 4 heteroatoms. The Hall–Kier alpha value is -2.75. The molecule has 2 aliphatic rings. The third-order valence-electron chi connectivity index (χ3n) is 6.36. The molecule has 0 radical (unpaired) electrons. The second-order valence-corrected chi connectivity index (χ2v) is 8.31. The van der Waals surface area contributed by atoms with E-state index in [0.29, 0.717) is 11.8 Å². The highest BCUT2D eigenvalue weighted by molar-refractivity contribution is 5.95. The van der Waals surface area contributed by atoms with E-state index in [0.717, 1.165) is 49.4 Å². The zero-order valence-corrected chi connectivity index (χ0v) is 18.2. The van der Waals surface area contributed by atoms with Crippen LogP contribution in [0.2, 0.25) is 0 Å². The molecule has 1 heterocycles. The smallest absolute Gasteiger partial charge is 0.253 e. The van der Waals surface area contributed by atoms with E-state index in [1.165, 1.54) is 11.1 Å². The molecule has 2 aromatic rings. The summed E-state index contributed by atoms with van der Waals surface area (Å²) in [5, 5.41) is 3.76. The Morgan fingerprint density at radius 3 is 2.60 bits per heavy atom. The van der Waals surface area contributed by atoms with Gasteiger partial charge in [-0.2, -0.15) is 0 Å². The fraction of sp³-hybridized carbons (Fsp3) is 0.423. The van der Waals surface area contributed by atoms with Crippen LogP contribution in [0.5, 0.6) is 5.75 Å². The van der Waals surface area contributed by atoms with E-state index in [9.17, 15) is 4.79 Å². The third-order valence-corrected chi connectivity index (χ3v) is 6.36. The summed E-state index contributed by atoms with van der Waals surface area (Å²) in [6.07, 6.45) is 7.58. The molecule has 1 aliphatic heterocycles. The molecule has 0 aromatic heterocycles. The van der Waals surface area contributed by atoms with Gasteiger partial charge in [-0.15, -0.1) is 0 Å². The largest absolute Gasteiger partial charge is 0.496 e. The molecule has 1 amide bonds. The molecule has 3 atom stereocenters. The number of nitrogens with one attached hydrogen (secondary N) is 1. The van der Waals surface area contributed by atoms with Gasteiger partial charge in [0.25, 0.3) is 5.91 Å². The normalized spacial score (nSPS) is 21.5. The molecule has 1 N–H and O–H groups in total. The van der Waals surface area contributed by atoms with Gasteiger partial charge in [0.1, 0.15) is 5.75 Å². The molecule has 0 saturated carbocycles. The van der Waals surface area contributed by atoms with E-state index in [1.807, 2.05) is 23.1 Å². The zero-order valence-electron chi connectivity index (χ0n) is 18.2. The summed E-state index contributed by atoms with van der Waals surface area (Å²) >= 11 is 0. The summed E-state index contributed by atoms with van der Waals surface area (Å²) in [5.74, 6) is 1.80. The summed E-state index contributed by atoms with van der Waals surface area (Å²) in [7, 11) is 1.73. The zero-order chi connectivity index (χ0) is 21.1. The number of ether oxygens (including phenoxy) is 1. The number of hydrogen-bond donors (Lipinski definition) is 1. The SMILES string of the molecule is CCCN(CCC)C(=O)c1ccc2c(c1)C1C=CCC1C(c1ccccc1OC)N2. The number of carbonyl (C=O) groups is 1. The van der Waals surface area contributed by atoms with E-state index in [2.05, 4.69) is 55.6 Å². The van der Waals surface area contributed by atoms with Crippen molar-refractivity contribution in [2.24, 2.45) is 5.92 Å². The number of fused-ring (bicyclic) bond motifs is 3. The molecule has 3 unspecified atom stereocenters. The Labute approximate surface area is 179 Å². The van der Waals surface area contributed by atoms with E-state index in [4.69, 9.17) is 4.74 Å². The minimum Gasteiger partial charge on any atom is -0.496 e. The number of hydrogen-bond acceptors (Lipinski definition) is 3. The summed E-state index contributed by atoms with van der Waals surface area (Å²) in [6.45, 7) is 5.87. The van der Waals surface area contributed by atoms with Crippen LogP contribution >= 0.6 is 0 Å². The van der Waals surface area contributed by atoms with Gasteiger partial charge in [0, 0.05) is 35.8 Å². The van der Waals surface area contributed by atoms with Crippen LogP contribution in [0.4, 0.5) is 5.69 Å². The molecule has 0 saturated heterocycles.